The SMILES string of the molecule is C#CCNCC(=O)NCC(C)c1nccs1. The molecule has 0 fully saturated rings. The van der Waals surface area contributed by atoms with Crippen molar-refractivity contribution in [3.63, 3.8) is 0 Å². The summed E-state index contributed by atoms with van der Waals surface area (Å²) < 4.78 is 0. The fourth-order valence-corrected chi connectivity index (χ4v) is 1.84. The molecular formula is C11H15N3OS. The van der Waals surface area contributed by atoms with E-state index in [4.69, 9.17) is 6.42 Å². The molecule has 0 aliphatic heterocycles. The lowest BCUT2D eigenvalue weighted by Gasteiger charge is -2.09. The van der Waals surface area contributed by atoms with Gasteiger partial charge in [0.1, 0.15) is 0 Å². The number of aromatic nitrogens is 1. The van der Waals surface area contributed by atoms with Gasteiger partial charge in [0.15, 0.2) is 0 Å². The third kappa shape index (κ3) is 4.43. The van der Waals surface area contributed by atoms with Gasteiger partial charge in [0, 0.05) is 24.0 Å². The van der Waals surface area contributed by atoms with Crippen LogP contribution in [-0.4, -0.2) is 30.5 Å². The minimum absolute atomic E-state index is 0.0429. The molecule has 1 rings (SSSR count). The number of nitrogens with one attached hydrogen (secondary N) is 2. The van der Waals surface area contributed by atoms with Crippen LogP contribution in [0, 0.1) is 12.3 Å². The molecule has 1 aromatic heterocycles. The zero-order chi connectivity index (χ0) is 11.8. The number of thiazole rings is 1. The van der Waals surface area contributed by atoms with Gasteiger partial charge in [-0.3, -0.25) is 10.1 Å². The van der Waals surface area contributed by atoms with Gasteiger partial charge in [0.2, 0.25) is 5.91 Å². The van der Waals surface area contributed by atoms with E-state index in [1.807, 2.05) is 12.3 Å². The Hall–Kier alpha value is -1.38. The fraction of sp³-hybridized carbons (Fsp3) is 0.455. The number of nitrogens with zero attached hydrogens (tertiary/aromatic N) is 1. The highest BCUT2D eigenvalue weighted by molar-refractivity contribution is 7.09. The molecule has 86 valence electrons. The maximum absolute atomic E-state index is 11.3. The molecule has 0 saturated carbocycles. The first-order valence-electron chi connectivity index (χ1n) is 5.04. The van der Waals surface area contributed by atoms with E-state index < -0.39 is 0 Å². The Kier molecular flexibility index (Phi) is 5.54. The first-order chi connectivity index (χ1) is 7.74. The second-order valence-corrected chi connectivity index (χ2v) is 4.31. The number of rotatable bonds is 6. The Balaban J connectivity index is 2.19. The molecule has 0 aromatic carbocycles. The van der Waals surface area contributed by atoms with E-state index in [9.17, 15) is 4.79 Å². The van der Waals surface area contributed by atoms with Crippen LogP contribution in [-0.2, 0) is 4.79 Å². The fourth-order valence-electron chi connectivity index (χ4n) is 1.14. The van der Waals surface area contributed by atoms with Gasteiger partial charge in [-0.2, -0.15) is 0 Å². The van der Waals surface area contributed by atoms with Crippen LogP contribution >= 0.6 is 11.3 Å². The highest BCUT2D eigenvalue weighted by Gasteiger charge is 2.09. The molecule has 0 aliphatic rings. The maximum Gasteiger partial charge on any atom is 0.234 e. The van der Waals surface area contributed by atoms with Gasteiger partial charge in [-0.1, -0.05) is 12.8 Å². The van der Waals surface area contributed by atoms with Gasteiger partial charge in [0.25, 0.3) is 0 Å². The number of carbonyl (C=O) groups is 1. The Morgan fingerprint density at radius 2 is 2.56 bits per heavy atom. The van der Waals surface area contributed by atoms with Gasteiger partial charge in [-0.05, 0) is 0 Å². The normalized spacial score (nSPS) is 11.8. The van der Waals surface area contributed by atoms with E-state index in [2.05, 4.69) is 21.5 Å². The summed E-state index contributed by atoms with van der Waals surface area (Å²) in [7, 11) is 0. The predicted molar refractivity (Wildman–Crippen MR) is 65.2 cm³/mol. The first-order valence-corrected chi connectivity index (χ1v) is 5.92. The summed E-state index contributed by atoms with van der Waals surface area (Å²) in [6.07, 6.45) is 6.82. The molecule has 1 aromatic rings. The van der Waals surface area contributed by atoms with Crippen LogP contribution in [0.5, 0.6) is 0 Å². The molecule has 4 nitrogen and oxygen atoms in total. The van der Waals surface area contributed by atoms with Gasteiger partial charge in [-0.25, -0.2) is 4.98 Å². The van der Waals surface area contributed by atoms with Crippen molar-refractivity contribution in [2.45, 2.75) is 12.8 Å². The predicted octanol–water partition coefficient (Wildman–Crippen LogP) is 0.586. The van der Waals surface area contributed by atoms with Crippen molar-refractivity contribution >= 4 is 17.2 Å². The van der Waals surface area contributed by atoms with Crippen molar-refractivity contribution in [3.05, 3.63) is 16.6 Å². The highest BCUT2D eigenvalue weighted by Crippen LogP contribution is 2.15. The molecule has 1 atom stereocenters. The third-order valence-corrected chi connectivity index (χ3v) is 3.00. The van der Waals surface area contributed by atoms with E-state index in [-0.39, 0.29) is 18.4 Å². The van der Waals surface area contributed by atoms with E-state index in [1.54, 1.807) is 17.5 Å². The Morgan fingerprint density at radius 1 is 1.75 bits per heavy atom. The molecule has 5 heteroatoms. The zero-order valence-electron chi connectivity index (χ0n) is 9.19. The number of amides is 1. The van der Waals surface area contributed by atoms with Crippen LogP contribution < -0.4 is 10.6 Å². The van der Waals surface area contributed by atoms with Crippen LogP contribution in [0.3, 0.4) is 0 Å². The molecule has 1 heterocycles. The highest BCUT2D eigenvalue weighted by atomic mass is 32.1. The monoisotopic (exact) mass is 237 g/mol. The minimum Gasteiger partial charge on any atom is -0.354 e. The van der Waals surface area contributed by atoms with Crippen LogP contribution in [0.25, 0.3) is 0 Å². The summed E-state index contributed by atoms with van der Waals surface area (Å²) in [6, 6.07) is 0. The van der Waals surface area contributed by atoms with Gasteiger partial charge in [0.05, 0.1) is 18.1 Å². The van der Waals surface area contributed by atoms with Gasteiger partial charge >= 0.3 is 0 Å². The molecule has 2 N–H and O–H groups in total. The van der Waals surface area contributed by atoms with Crippen LogP contribution in [0.1, 0.15) is 17.8 Å². The Morgan fingerprint density at radius 3 is 3.19 bits per heavy atom. The summed E-state index contributed by atoms with van der Waals surface area (Å²) in [5.41, 5.74) is 0. The lowest BCUT2D eigenvalue weighted by Crippen LogP contribution is -2.35. The minimum atomic E-state index is -0.0429. The Labute approximate surface area is 99.5 Å². The molecule has 1 amide bonds. The summed E-state index contributed by atoms with van der Waals surface area (Å²) in [6.45, 7) is 3.31. The third-order valence-electron chi connectivity index (χ3n) is 1.99. The smallest absolute Gasteiger partial charge is 0.234 e. The number of hydrogen-bond acceptors (Lipinski definition) is 4. The second-order valence-electron chi connectivity index (χ2n) is 3.38. The molecular weight excluding hydrogens is 222 g/mol. The van der Waals surface area contributed by atoms with Crippen LogP contribution in [0.15, 0.2) is 11.6 Å². The topological polar surface area (TPSA) is 54.0 Å². The molecule has 0 spiro atoms. The standard InChI is InChI=1S/C11H15N3OS/c1-3-4-12-8-10(15)14-7-9(2)11-13-5-6-16-11/h1,5-6,9,12H,4,7-8H2,2H3,(H,14,15). The van der Waals surface area contributed by atoms with Crippen LogP contribution in [0.4, 0.5) is 0 Å². The zero-order valence-corrected chi connectivity index (χ0v) is 10.0. The lowest BCUT2D eigenvalue weighted by molar-refractivity contribution is -0.120. The summed E-state index contributed by atoms with van der Waals surface area (Å²) in [5, 5.41) is 8.63. The van der Waals surface area contributed by atoms with E-state index in [0.717, 1.165) is 5.01 Å². The van der Waals surface area contributed by atoms with Crippen molar-refractivity contribution in [2.75, 3.05) is 19.6 Å². The summed E-state index contributed by atoms with van der Waals surface area (Å²) >= 11 is 1.60. The lowest BCUT2D eigenvalue weighted by atomic mass is 10.2. The average Bonchev–Trinajstić information content (AvgIpc) is 2.79. The maximum atomic E-state index is 11.3. The van der Waals surface area contributed by atoms with Crippen molar-refractivity contribution < 1.29 is 4.79 Å². The van der Waals surface area contributed by atoms with Crippen molar-refractivity contribution in [1.29, 1.82) is 0 Å². The second kappa shape index (κ2) is 6.99. The average molecular weight is 237 g/mol. The van der Waals surface area contributed by atoms with E-state index in [1.165, 1.54) is 0 Å². The number of hydrogen-bond donors (Lipinski definition) is 2. The summed E-state index contributed by atoms with van der Waals surface area (Å²) in [4.78, 5) is 15.5. The molecule has 0 aliphatic carbocycles. The van der Waals surface area contributed by atoms with Gasteiger partial charge in [-0.15, -0.1) is 17.8 Å². The van der Waals surface area contributed by atoms with Crippen molar-refractivity contribution in [1.82, 2.24) is 15.6 Å². The van der Waals surface area contributed by atoms with Crippen LogP contribution in [0.2, 0.25) is 0 Å². The van der Waals surface area contributed by atoms with Crippen molar-refractivity contribution in [3.8, 4) is 12.3 Å². The molecule has 0 radical (unpaired) electrons. The quantitative estimate of drug-likeness (QED) is 0.562. The largest absolute Gasteiger partial charge is 0.354 e. The number of terminal acetylenes is 1. The van der Waals surface area contributed by atoms with Crippen molar-refractivity contribution in [2.24, 2.45) is 0 Å². The van der Waals surface area contributed by atoms with E-state index in [0.29, 0.717) is 13.1 Å². The van der Waals surface area contributed by atoms with E-state index >= 15 is 0 Å². The summed E-state index contributed by atoms with van der Waals surface area (Å²) in [5.74, 6) is 2.61. The molecule has 0 saturated heterocycles. The van der Waals surface area contributed by atoms with Gasteiger partial charge < -0.3 is 5.32 Å². The first kappa shape index (κ1) is 12.7. The molecule has 0 bridgehead atoms. The number of carbonyl (C=O) groups excluding carboxylic acids is 1. The Bertz CT molecular complexity index is 356. The molecule has 1 unspecified atom stereocenters. The molecule has 16 heavy (non-hydrogen) atoms.